The molecule has 1 amide bonds. The Morgan fingerprint density at radius 2 is 2.35 bits per heavy atom. The van der Waals surface area contributed by atoms with E-state index in [1.807, 2.05) is 4.90 Å². The Labute approximate surface area is 136 Å². The Kier molecular flexibility index (Phi) is 4.62. The highest BCUT2D eigenvalue weighted by atomic mass is 32.1. The van der Waals surface area contributed by atoms with E-state index in [1.165, 1.54) is 11.3 Å². The van der Waals surface area contributed by atoms with Gasteiger partial charge < -0.3 is 15.5 Å². The van der Waals surface area contributed by atoms with Gasteiger partial charge in [-0.1, -0.05) is 0 Å². The number of β-amino-alcohol motifs (C(OH)–C–C–N with tert-alkyl or cyclic N) is 2. The average Bonchev–Trinajstić information content (AvgIpc) is 3.16. The van der Waals surface area contributed by atoms with Crippen LogP contribution in [0.15, 0.2) is 29.5 Å². The van der Waals surface area contributed by atoms with Crippen molar-refractivity contribution in [2.75, 3.05) is 19.6 Å². The fraction of sp³-hybridized carbons (Fsp3) is 0.429. The zero-order valence-electron chi connectivity index (χ0n) is 12.3. The number of hydrogen-bond donors (Lipinski definition) is 3. The van der Waals surface area contributed by atoms with Crippen LogP contribution in [-0.2, 0) is 6.54 Å². The van der Waals surface area contributed by atoms with E-state index >= 15 is 0 Å². The second kappa shape index (κ2) is 6.67. The van der Waals surface area contributed by atoms with Gasteiger partial charge in [0.05, 0.1) is 23.9 Å². The first-order valence-electron chi connectivity index (χ1n) is 7.11. The number of aromatic nitrogens is 3. The second-order valence-electron chi connectivity index (χ2n) is 5.54. The Balaban J connectivity index is 1.57. The Bertz CT molecular complexity index is 654. The molecule has 0 radical (unpaired) electrons. The number of aliphatic hydroxyl groups is 2. The fourth-order valence-corrected chi connectivity index (χ4v) is 3.09. The van der Waals surface area contributed by atoms with Gasteiger partial charge in [0.2, 0.25) is 0 Å². The van der Waals surface area contributed by atoms with Crippen LogP contribution in [0.1, 0.15) is 16.2 Å². The molecule has 1 saturated heterocycles. The molecule has 3 N–H and O–H groups in total. The molecule has 0 aromatic carbocycles. The molecule has 0 spiro atoms. The number of thiazole rings is 1. The van der Waals surface area contributed by atoms with Crippen molar-refractivity contribution in [1.82, 2.24) is 25.2 Å². The number of amides is 1. The number of likely N-dealkylation sites (tertiary alicyclic amines) is 1. The maximum atomic E-state index is 11.9. The lowest BCUT2D eigenvalue weighted by Gasteiger charge is -2.26. The standard InChI is InChI=1S/C14H17N5O3S/c20-12-5-19(4-10-3-15-1-2-16-10)8-14(12,22)7-17-13(21)11-6-23-9-18-11/h1-3,6,9,12,20,22H,4-5,7-8H2,(H,17,21)/t12-,14+/m1/s1. The average molecular weight is 335 g/mol. The predicted octanol–water partition coefficient (Wildman–Crippen LogP) is -0.729. The van der Waals surface area contributed by atoms with Gasteiger partial charge in [-0.05, 0) is 0 Å². The summed E-state index contributed by atoms with van der Waals surface area (Å²) in [4.78, 5) is 25.9. The highest BCUT2D eigenvalue weighted by molar-refractivity contribution is 7.07. The predicted molar refractivity (Wildman–Crippen MR) is 82.7 cm³/mol. The molecule has 3 rings (SSSR count). The molecule has 1 fully saturated rings. The van der Waals surface area contributed by atoms with Crippen LogP contribution in [-0.4, -0.2) is 67.3 Å². The van der Waals surface area contributed by atoms with Crippen LogP contribution in [0.25, 0.3) is 0 Å². The van der Waals surface area contributed by atoms with Crippen LogP contribution in [0.4, 0.5) is 0 Å². The lowest BCUT2D eigenvalue weighted by molar-refractivity contribution is -0.0377. The van der Waals surface area contributed by atoms with Crippen LogP contribution >= 0.6 is 11.3 Å². The summed E-state index contributed by atoms with van der Waals surface area (Å²) in [6.07, 6.45) is 3.89. The third kappa shape index (κ3) is 3.70. The molecule has 1 aliphatic heterocycles. The third-order valence-corrected chi connectivity index (χ3v) is 4.36. The van der Waals surface area contributed by atoms with Gasteiger partial charge in [-0.15, -0.1) is 11.3 Å². The summed E-state index contributed by atoms with van der Waals surface area (Å²) >= 11 is 1.32. The van der Waals surface area contributed by atoms with Crippen molar-refractivity contribution < 1.29 is 15.0 Å². The Hall–Kier alpha value is -1.94. The highest BCUT2D eigenvalue weighted by Gasteiger charge is 2.44. The number of hydrogen-bond acceptors (Lipinski definition) is 8. The topological polar surface area (TPSA) is 111 Å². The maximum absolute atomic E-state index is 11.9. The number of rotatable bonds is 5. The van der Waals surface area contributed by atoms with Gasteiger partial charge in [-0.2, -0.15) is 0 Å². The molecule has 0 saturated carbocycles. The van der Waals surface area contributed by atoms with Crippen LogP contribution < -0.4 is 5.32 Å². The van der Waals surface area contributed by atoms with E-state index in [1.54, 1.807) is 29.5 Å². The molecule has 0 bridgehead atoms. The highest BCUT2D eigenvalue weighted by Crippen LogP contribution is 2.22. The zero-order valence-corrected chi connectivity index (χ0v) is 13.1. The number of nitrogens with zero attached hydrogens (tertiary/aromatic N) is 4. The molecule has 9 heteroatoms. The summed E-state index contributed by atoms with van der Waals surface area (Å²) in [7, 11) is 0. The second-order valence-corrected chi connectivity index (χ2v) is 6.26. The first kappa shape index (κ1) is 15.9. The SMILES string of the molecule is O=C(NC[C@]1(O)CN(Cc2cnccn2)C[C@H]1O)c1cscn1. The van der Waals surface area contributed by atoms with Gasteiger partial charge in [0.1, 0.15) is 11.3 Å². The Morgan fingerprint density at radius 3 is 3.04 bits per heavy atom. The van der Waals surface area contributed by atoms with Crippen molar-refractivity contribution in [1.29, 1.82) is 0 Å². The lowest BCUT2D eigenvalue weighted by atomic mass is 10.0. The summed E-state index contributed by atoms with van der Waals surface area (Å²) in [5.74, 6) is -0.362. The molecule has 0 aliphatic carbocycles. The minimum atomic E-state index is -1.39. The van der Waals surface area contributed by atoms with Gasteiger partial charge in [0.25, 0.3) is 5.91 Å². The van der Waals surface area contributed by atoms with Crippen LogP contribution in [0, 0.1) is 0 Å². The molecule has 2 aromatic heterocycles. The van der Waals surface area contributed by atoms with Crippen molar-refractivity contribution in [3.63, 3.8) is 0 Å². The summed E-state index contributed by atoms with van der Waals surface area (Å²) in [5.41, 5.74) is 1.24. The quantitative estimate of drug-likeness (QED) is 0.660. The van der Waals surface area contributed by atoms with Crippen LogP contribution in [0.5, 0.6) is 0 Å². The molecule has 3 heterocycles. The molecular formula is C14H17N5O3S. The lowest BCUT2D eigenvalue weighted by Crippen LogP contribution is -2.51. The fourth-order valence-electron chi connectivity index (χ4n) is 2.56. The molecule has 0 unspecified atom stereocenters. The van der Waals surface area contributed by atoms with E-state index in [2.05, 4.69) is 20.3 Å². The first-order valence-corrected chi connectivity index (χ1v) is 8.05. The van der Waals surface area contributed by atoms with Gasteiger partial charge >= 0.3 is 0 Å². The minimum Gasteiger partial charge on any atom is -0.389 e. The molecule has 2 aromatic rings. The van der Waals surface area contributed by atoms with Crippen molar-refractivity contribution in [3.05, 3.63) is 40.9 Å². The molecule has 122 valence electrons. The maximum Gasteiger partial charge on any atom is 0.270 e. The van der Waals surface area contributed by atoms with Crippen LogP contribution in [0.2, 0.25) is 0 Å². The summed E-state index contributed by atoms with van der Waals surface area (Å²) in [6.45, 7) is 0.983. The first-order chi connectivity index (χ1) is 11.1. The van der Waals surface area contributed by atoms with E-state index in [-0.39, 0.29) is 19.0 Å². The molecule has 8 nitrogen and oxygen atoms in total. The normalized spacial score (nSPS) is 24.7. The molecule has 2 atom stereocenters. The van der Waals surface area contributed by atoms with Gasteiger partial charge in [0.15, 0.2) is 0 Å². The smallest absolute Gasteiger partial charge is 0.270 e. The molecule has 1 aliphatic rings. The molecule has 23 heavy (non-hydrogen) atoms. The minimum absolute atomic E-state index is 0.0402. The summed E-state index contributed by atoms with van der Waals surface area (Å²) in [5, 5.41) is 25.0. The van der Waals surface area contributed by atoms with Gasteiger partial charge in [0, 0.05) is 43.6 Å². The summed E-state index contributed by atoms with van der Waals surface area (Å²) < 4.78 is 0. The van der Waals surface area contributed by atoms with E-state index < -0.39 is 11.7 Å². The largest absolute Gasteiger partial charge is 0.389 e. The van der Waals surface area contributed by atoms with Gasteiger partial charge in [-0.3, -0.25) is 19.7 Å². The van der Waals surface area contributed by atoms with Crippen molar-refractivity contribution in [3.8, 4) is 0 Å². The zero-order chi connectivity index (χ0) is 16.3. The number of carbonyl (C=O) groups excluding carboxylic acids is 1. The number of carbonyl (C=O) groups is 1. The number of nitrogens with one attached hydrogen (secondary N) is 1. The molecular weight excluding hydrogens is 318 g/mol. The monoisotopic (exact) mass is 335 g/mol. The van der Waals surface area contributed by atoms with E-state index in [0.29, 0.717) is 18.8 Å². The van der Waals surface area contributed by atoms with Crippen LogP contribution in [0.3, 0.4) is 0 Å². The van der Waals surface area contributed by atoms with Crippen molar-refractivity contribution in [2.45, 2.75) is 18.2 Å². The van der Waals surface area contributed by atoms with E-state index in [4.69, 9.17) is 0 Å². The Morgan fingerprint density at radius 1 is 1.48 bits per heavy atom. The van der Waals surface area contributed by atoms with E-state index in [0.717, 1.165) is 5.69 Å². The third-order valence-electron chi connectivity index (χ3n) is 3.77. The van der Waals surface area contributed by atoms with Crippen molar-refractivity contribution >= 4 is 17.2 Å². The van der Waals surface area contributed by atoms with Gasteiger partial charge in [-0.25, -0.2) is 4.98 Å². The number of aliphatic hydroxyl groups excluding tert-OH is 1. The van der Waals surface area contributed by atoms with E-state index in [9.17, 15) is 15.0 Å². The van der Waals surface area contributed by atoms with Crippen molar-refractivity contribution in [2.24, 2.45) is 0 Å². The summed E-state index contributed by atoms with van der Waals surface area (Å²) in [6, 6.07) is 0.